The van der Waals surface area contributed by atoms with E-state index in [1.165, 1.54) is 18.7 Å². The number of hydrogen-bond donors (Lipinski definition) is 2. The van der Waals surface area contributed by atoms with Crippen molar-refractivity contribution in [2.24, 2.45) is 0 Å². The highest BCUT2D eigenvalue weighted by Crippen LogP contribution is 2.35. The smallest absolute Gasteiger partial charge is 0.251 e. The third-order valence-corrected chi connectivity index (χ3v) is 4.05. The van der Waals surface area contributed by atoms with E-state index in [9.17, 15) is 9.90 Å². The lowest BCUT2D eigenvalue weighted by atomic mass is 10.0. The zero-order chi connectivity index (χ0) is 16.1. The fourth-order valence-electron chi connectivity index (χ4n) is 2.11. The van der Waals surface area contributed by atoms with Crippen molar-refractivity contribution in [1.82, 2.24) is 5.32 Å². The summed E-state index contributed by atoms with van der Waals surface area (Å²) in [5.74, 6) is 0.252. The molecule has 0 aliphatic carbocycles. The second-order valence-corrected chi connectivity index (χ2v) is 5.89. The molecule has 2 rings (SSSR count). The average molecular weight is 364 g/mol. The number of methoxy groups -OCH3 is 1. The van der Waals surface area contributed by atoms with Crippen LogP contribution in [0.15, 0.2) is 46.9 Å². The highest BCUT2D eigenvalue weighted by atomic mass is 79.9. The molecule has 0 aromatic heterocycles. The van der Waals surface area contributed by atoms with E-state index in [0.29, 0.717) is 16.6 Å². The Morgan fingerprint density at radius 1 is 1.32 bits per heavy atom. The summed E-state index contributed by atoms with van der Waals surface area (Å²) in [7, 11) is 1.45. The Kier molecular flexibility index (Phi) is 5.44. The van der Waals surface area contributed by atoms with E-state index in [1.807, 2.05) is 30.3 Å². The standard InChI is InChI=1S/C17H18BrNO3/c1-11(12-6-4-3-5-7-12)10-19-17(21)13-8-14(18)16(20)15(9-13)22-2/h3-9,11,20H,10H2,1-2H3,(H,19,21)/t11-/m0/s1. The first-order chi connectivity index (χ1) is 10.5. The second kappa shape index (κ2) is 7.31. The molecule has 2 aromatic rings. The van der Waals surface area contributed by atoms with Crippen molar-refractivity contribution < 1.29 is 14.6 Å². The number of hydrogen-bond acceptors (Lipinski definition) is 3. The number of nitrogens with one attached hydrogen (secondary N) is 1. The molecule has 0 radical (unpaired) electrons. The van der Waals surface area contributed by atoms with Gasteiger partial charge in [-0.15, -0.1) is 0 Å². The number of phenolic OH excluding ortho intramolecular Hbond substituents is 1. The van der Waals surface area contributed by atoms with Crippen molar-refractivity contribution in [1.29, 1.82) is 0 Å². The van der Waals surface area contributed by atoms with Gasteiger partial charge in [0.25, 0.3) is 5.91 Å². The summed E-state index contributed by atoms with van der Waals surface area (Å²) in [4.78, 5) is 12.2. The summed E-state index contributed by atoms with van der Waals surface area (Å²) in [6, 6.07) is 13.1. The van der Waals surface area contributed by atoms with Crippen LogP contribution in [0.3, 0.4) is 0 Å². The number of amides is 1. The van der Waals surface area contributed by atoms with Gasteiger partial charge in [0.2, 0.25) is 0 Å². The Labute approximate surface area is 138 Å². The van der Waals surface area contributed by atoms with Crippen LogP contribution in [0.25, 0.3) is 0 Å². The maximum absolute atomic E-state index is 12.2. The summed E-state index contributed by atoms with van der Waals surface area (Å²) in [5, 5.41) is 12.7. The zero-order valence-electron chi connectivity index (χ0n) is 12.5. The lowest BCUT2D eigenvalue weighted by Gasteiger charge is -2.14. The third-order valence-electron chi connectivity index (χ3n) is 3.45. The number of carbonyl (C=O) groups excluding carboxylic acids is 1. The number of aromatic hydroxyl groups is 1. The number of halogens is 1. The van der Waals surface area contributed by atoms with Gasteiger partial charge in [0.05, 0.1) is 11.6 Å². The first kappa shape index (κ1) is 16.4. The molecule has 4 nitrogen and oxygen atoms in total. The van der Waals surface area contributed by atoms with Crippen LogP contribution >= 0.6 is 15.9 Å². The van der Waals surface area contributed by atoms with E-state index >= 15 is 0 Å². The molecule has 0 spiro atoms. The molecule has 0 aliphatic rings. The summed E-state index contributed by atoms with van der Waals surface area (Å²) in [6.07, 6.45) is 0. The fourth-order valence-corrected chi connectivity index (χ4v) is 2.55. The minimum absolute atomic E-state index is 0.0169. The molecular weight excluding hydrogens is 346 g/mol. The highest BCUT2D eigenvalue weighted by Gasteiger charge is 2.14. The van der Waals surface area contributed by atoms with Crippen molar-refractivity contribution in [3.63, 3.8) is 0 Å². The Morgan fingerprint density at radius 3 is 2.64 bits per heavy atom. The molecular formula is C17H18BrNO3. The minimum atomic E-state index is -0.207. The number of rotatable bonds is 5. The maximum atomic E-state index is 12.2. The van der Waals surface area contributed by atoms with Gasteiger partial charge in [-0.1, -0.05) is 37.3 Å². The summed E-state index contributed by atoms with van der Waals surface area (Å²) < 4.78 is 5.48. The van der Waals surface area contributed by atoms with Gasteiger partial charge in [-0.3, -0.25) is 4.79 Å². The van der Waals surface area contributed by atoms with Crippen LogP contribution in [0.2, 0.25) is 0 Å². The topological polar surface area (TPSA) is 58.6 Å². The molecule has 0 bridgehead atoms. The van der Waals surface area contributed by atoms with Gasteiger partial charge < -0.3 is 15.2 Å². The molecule has 0 saturated carbocycles. The molecule has 1 atom stereocenters. The van der Waals surface area contributed by atoms with E-state index in [1.54, 1.807) is 6.07 Å². The molecule has 116 valence electrons. The van der Waals surface area contributed by atoms with E-state index in [4.69, 9.17) is 4.74 Å². The van der Waals surface area contributed by atoms with Crippen LogP contribution in [0.1, 0.15) is 28.8 Å². The predicted molar refractivity (Wildman–Crippen MR) is 89.5 cm³/mol. The van der Waals surface area contributed by atoms with E-state index in [-0.39, 0.29) is 23.3 Å². The Hall–Kier alpha value is -2.01. The fraction of sp³-hybridized carbons (Fsp3) is 0.235. The maximum Gasteiger partial charge on any atom is 0.251 e. The third kappa shape index (κ3) is 3.80. The predicted octanol–water partition coefficient (Wildman–Crippen LogP) is 3.70. The Balaban J connectivity index is 2.05. The number of phenols is 1. The monoisotopic (exact) mass is 363 g/mol. The number of ether oxygens (including phenoxy) is 1. The van der Waals surface area contributed by atoms with Crippen molar-refractivity contribution >= 4 is 21.8 Å². The molecule has 0 fully saturated rings. The SMILES string of the molecule is COc1cc(C(=O)NC[C@H](C)c2ccccc2)cc(Br)c1O. The largest absolute Gasteiger partial charge is 0.503 e. The van der Waals surface area contributed by atoms with Crippen LogP contribution in [-0.4, -0.2) is 24.7 Å². The molecule has 0 saturated heterocycles. The molecule has 2 aromatic carbocycles. The summed E-state index contributed by atoms with van der Waals surface area (Å²) >= 11 is 3.21. The molecule has 1 amide bonds. The van der Waals surface area contributed by atoms with Crippen LogP contribution in [0, 0.1) is 0 Å². The van der Waals surface area contributed by atoms with Gasteiger partial charge in [0, 0.05) is 12.1 Å². The number of carbonyl (C=O) groups is 1. The van der Waals surface area contributed by atoms with Gasteiger partial charge in [-0.2, -0.15) is 0 Å². The molecule has 0 unspecified atom stereocenters. The van der Waals surface area contributed by atoms with E-state index in [0.717, 1.165) is 0 Å². The normalized spacial score (nSPS) is 11.8. The molecule has 0 aliphatic heterocycles. The average Bonchev–Trinajstić information content (AvgIpc) is 2.55. The quantitative estimate of drug-likeness (QED) is 0.851. The van der Waals surface area contributed by atoms with E-state index in [2.05, 4.69) is 28.2 Å². The van der Waals surface area contributed by atoms with Gasteiger partial charge in [0.15, 0.2) is 11.5 Å². The van der Waals surface area contributed by atoms with Crippen molar-refractivity contribution in [2.45, 2.75) is 12.8 Å². The summed E-state index contributed by atoms with van der Waals surface area (Å²) in [5.41, 5.74) is 1.61. The van der Waals surface area contributed by atoms with Crippen LogP contribution in [-0.2, 0) is 0 Å². The molecule has 2 N–H and O–H groups in total. The summed E-state index contributed by atoms with van der Waals surface area (Å²) in [6.45, 7) is 2.59. The second-order valence-electron chi connectivity index (χ2n) is 5.03. The first-order valence-electron chi connectivity index (χ1n) is 6.92. The van der Waals surface area contributed by atoms with E-state index < -0.39 is 0 Å². The van der Waals surface area contributed by atoms with Crippen molar-refractivity contribution in [2.75, 3.05) is 13.7 Å². The van der Waals surface area contributed by atoms with Crippen LogP contribution in [0.5, 0.6) is 11.5 Å². The lowest BCUT2D eigenvalue weighted by molar-refractivity contribution is 0.0951. The highest BCUT2D eigenvalue weighted by molar-refractivity contribution is 9.10. The van der Waals surface area contributed by atoms with Gasteiger partial charge >= 0.3 is 0 Å². The minimum Gasteiger partial charge on any atom is -0.503 e. The van der Waals surface area contributed by atoms with Gasteiger partial charge in [0.1, 0.15) is 0 Å². The van der Waals surface area contributed by atoms with Gasteiger partial charge in [-0.25, -0.2) is 0 Å². The van der Waals surface area contributed by atoms with Crippen molar-refractivity contribution in [3.8, 4) is 11.5 Å². The first-order valence-corrected chi connectivity index (χ1v) is 7.72. The molecule has 22 heavy (non-hydrogen) atoms. The Bertz CT molecular complexity index is 658. The zero-order valence-corrected chi connectivity index (χ0v) is 14.1. The van der Waals surface area contributed by atoms with Crippen LogP contribution in [0.4, 0.5) is 0 Å². The number of benzene rings is 2. The molecule has 5 heteroatoms. The Morgan fingerprint density at radius 2 is 2.00 bits per heavy atom. The molecule has 0 heterocycles. The van der Waals surface area contributed by atoms with Gasteiger partial charge in [-0.05, 0) is 39.5 Å². The van der Waals surface area contributed by atoms with Crippen molar-refractivity contribution in [3.05, 3.63) is 58.1 Å². The van der Waals surface area contributed by atoms with Crippen LogP contribution < -0.4 is 10.1 Å². The lowest BCUT2D eigenvalue weighted by Crippen LogP contribution is -2.27.